The molecule has 1 rings (SSSR count). The van der Waals surface area contributed by atoms with Crippen molar-refractivity contribution >= 4 is 10.2 Å². The summed E-state index contributed by atoms with van der Waals surface area (Å²) in [4.78, 5) is 0. The maximum atomic E-state index is 12.5. The highest BCUT2D eigenvalue weighted by Gasteiger charge is 2.33. The molecule has 0 aromatic carbocycles. The van der Waals surface area contributed by atoms with Gasteiger partial charge in [-0.3, -0.25) is 0 Å². The lowest BCUT2D eigenvalue weighted by atomic mass is 9.91. The second-order valence-electron chi connectivity index (χ2n) is 6.09. The molecule has 5 nitrogen and oxygen atoms in total. The van der Waals surface area contributed by atoms with E-state index in [1.807, 2.05) is 13.8 Å². The van der Waals surface area contributed by atoms with Crippen molar-refractivity contribution in [2.24, 2.45) is 0 Å². The van der Waals surface area contributed by atoms with E-state index in [4.69, 9.17) is 0 Å². The minimum atomic E-state index is -3.33. The number of rotatable bonds is 7. The van der Waals surface area contributed by atoms with Crippen LogP contribution in [0.1, 0.15) is 52.9 Å². The number of hydrogen-bond acceptors (Lipinski definition) is 3. The lowest BCUT2D eigenvalue weighted by Crippen LogP contribution is -2.49. The summed E-state index contributed by atoms with van der Waals surface area (Å²) in [5.74, 6) is 0. The highest BCUT2D eigenvalue weighted by molar-refractivity contribution is 7.86. The molecule has 0 aliphatic heterocycles. The Hall–Kier alpha value is -0.170. The SMILES string of the molecule is CCCNC1CCC(N(C)S(=O)(=O)N(C)C(C)C)CC1. The van der Waals surface area contributed by atoms with Crippen molar-refractivity contribution in [2.75, 3.05) is 20.6 Å². The van der Waals surface area contributed by atoms with Gasteiger partial charge in [-0.2, -0.15) is 17.0 Å². The van der Waals surface area contributed by atoms with E-state index >= 15 is 0 Å². The fourth-order valence-corrected chi connectivity index (χ4v) is 4.18. The van der Waals surface area contributed by atoms with E-state index in [1.54, 1.807) is 18.4 Å². The van der Waals surface area contributed by atoms with Crippen LogP contribution in [-0.4, -0.2) is 55.8 Å². The average molecular weight is 305 g/mol. The van der Waals surface area contributed by atoms with Crippen molar-refractivity contribution in [3.05, 3.63) is 0 Å². The van der Waals surface area contributed by atoms with Gasteiger partial charge in [-0.1, -0.05) is 6.92 Å². The van der Waals surface area contributed by atoms with Gasteiger partial charge in [0.25, 0.3) is 10.2 Å². The molecule has 0 saturated heterocycles. The Balaban J connectivity index is 2.56. The molecule has 0 aromatic rings. The third kappa shape index (κ3) is 4.41. The number of nitrogens with one attached hydrogen (secondary N) is 1. The molecular formula is C14H31N3O2S. The molecule has 20 heavy (non-hydrogen) atoms. The van der Waals surface area contributed by atoms with Gasteiger partial charge in [0, 0.05) is 32.2 Å². The van der Waals surface area contributed by atoms with Crippen molar-refractivity contribution in [3.63, 3.8) is 0 Å². The lowest BCUT2D eigenvalue weighted by Gasteiger charge is -2.36. The third-order valence-corrected chi connectivity index (χ3v) is 6.52. The molecule has 1 aliphatic carbocycles. The summed E-state index contributed by atoms with van der Waals surface area (Å²) in [5, 5.41) is 3.53. The smallest absolute Gasteiger partial charge is 0.281 e. The van der Waals surface area contributed by atoms with Crippen molar-refractivity contribution in [3.8, 4) is 0 Å². The quantitative estimate of drug-likeness (QED) is 0.780. The Bertz CT molecular complexity index is 376. The molecule has 0 amide bonds. The third-order valence-electron chi connectivity index (χ3n) is 4.35. The maximum Gasteiger partial charge on any atom is 0.281 e. The zero-order valence-electron chi connectivity index (χ0n) is 13.6. The van der Waals surface area contributed by atoms with E-state index < -0.39 is 10.2 Å². The van der Waals surface area contributed by atoms with Crippen LogP contribution in [0.3, 0.4) is 0 Å². The Morgan fingerprint density at radius 1 is 1.15 bits per heavy atom. The maximum absolute atomic E-state index is 12.5. The second-order valence-corrected chi connectivity index (χ2v) is 8.14. The van der Waals surface area contributed by atoms with E-state index in [2.05, 4.69) is 12.2 Å². The fourth-order valence-electron chi connectivity index (χ4n) is 2.65. The number of hydrogen-bond donors (Lipinski definition) is 1. The summed E-state index contributed by atoms with van der Waals surface area (Å²) >= 11 is 0. The van der Waals surface area contributed by atoms with Gasteiger partial charge >= 0.3 is 0 Å². The predicted octanol–water partition coefficient (Wildman–Crippen LogP) is 1.81. The van der Waals surface area contributed by atoms with Crippen LogP contribution >= 0.6 is 0 Å². The average Bonchev–Trinajstić information content (AvgIpc) is 2.43. The van der Waals surface area contributed by atoms with Crippen LogP contribution in [-0.2, 0) is 10.2 Å². The summed E-state index contributed by atoms with van der Waals surface area (Å²) < 4.78 is 27.9. The Labute approximate surface area is 124 Å². The van der Waals surface area contributed by atoms with Crippen molar-refractivity contribution in [1.29, 1.82) is 0 Å². The molecule has 0 spiro atoms. The molecule has 0 aromatic heterocycles. The zero-order valence-corrected chi connectivity index (χ0v) is 14.4. The molecule has 1 saturated carbocycles. The van der Waals surface area contributed by atoms with Gasteiger partial charge in [0.15, 0.2) is 0 Å². The standard InChI is InChI=1S/C14H31N3O2S/c1-6-11-15-13-7-9-14(10-8-13)17(5)20(18,19)16(4)12(2)3/h12-15H,6-11H2,1-5H3. The van der Waals surface area contributed by atoms with Gasteiger partial charge in [0.1, 0.15) is 0 Å². The van der Waals surface area contributed by atoms with Gasteiger partial charge in [-0.05, 0) is 52.5 Å². The molecule has 0 bridgehead atoms. The summed E-state index contributed by atoms with van der Waals surface area (Å²) in [5.41, 5.74) is 0. The van der Waals surface area contributed by atoms with E-state index in [-0.39, 0.29) is 12.1 Å². The fraction of sp³-hybridized carbons (Fsp3) is 1.00. The molecule has 0 unspecified atom stereocenters. The molecule has 1 aliphatic rings. The lowest BCUT2D eigenvalue weighted by molar-refractivity contribution is 0.235. The van der Waals surface area contributed by atoms with Crippen LogP contribution in [0, 0.1) is 0 Å². The Morgan fingerprint density at radius 3 is 2.15 bits per heavy atom. The highest BCUT2D eigenvalue weighted by Crippen LogP contribution is 2.25. The molecular weight excluding hydrogens is 274 g/mol. The normalized spacial score (nSPS) is 24.8. The minimum absolute atomic E-state index is 0.00925. The molecule has 1 N–H and O–H groups in total. The van der Waals surface area contributed by atoms with Gasteiger partial charge in [0.05, 0.1) is 0 Å². The zero-order chi connectivity index (χ0) is 15.3. The van der Waals surface area contributed by atoms with Crippen molar-refractivity contribution < 1.29 is 8.42 Å². The molecule has 6 heteroatoms. The van der Waals surface area contributed by atoms with Crippen LogP contribution in [0.4, 0.5) is 0 Å². The summed E-state index contributed by atoms with van der Waals surface area (Å²) in [7, 11) is 0.0525. The monoisotopic (exact) mass is 305 g/mol. The molecule has 0 heterocycles. The first-order chi connectivity index (χ1) is 9.30. The molecule has 120 valence electrons. The van der Waals surface area contributed by atoms with Gasteiger partial charge < -0.3 is 5.32 Å². The molecule has 0 atom stereocenters. The van der Waals surface area contributed by atoms with Crippen LogP contribution in [0.25, 0.3) is 0 Å². The van der Waals surface area contributed by atoms with Crippen LogP contribution in [0.2, 0.25) is 0 Å². The van der Waals surface area contributed by atoms with Crippen molar-refractivity contribution in [2.45, 2.75) is 71.0 Å². The van der Waals surface area contributed by atoms with Crippen LogP contribution in [0.5, 0.6) is 0 Å². The van der Waals surface area contributed by atoms with Gasteiger partial charge in [0.2, 0.25) is 0 Å². The summed E-state index contributed by atoms with van der Waals surface area (Å²) in [6.07, 6.45) is 5.17. The van der Waals surface area contributed by atoms with E-state index in [9.17, 15) is 8.42 Å². The highest BCUT2D eigenvalue weighted by atomic mass is 32.2. The topological polar surface area (TPSA) is 52.7 Å². The first-order valence-corrected chi connectivity index (χ1v) is 9.14. The van der Waals surface area contributed by atoms with Gasteiger partial charge in [-0.25, -0.2) is 0 Å². The largest absolute Gasteiger partial charge is 0.314 e. The van der Waals surface area contributed by atoms with E-state index in [0.29, 0.717) is 6.04 Å². The van der Waals surface area contributed by atoms with Crippen LogP contribution in [0.15, 0.2) is 0 Å². The first kappa shape index (κ1) is 17.9. The predicted molar refractivity (Wildman–Crippen MR) is 83.9 cm³/mol. The Morgan fingerprint density at radius 2 is 1.70 bits per heavy atom. The Kier molecular flexibility index (Phi) is 6.91. The van der Waals surface area contributed by atoms with Gasteiger partial charge in [-0.15, -0.1) is 0 Å². The second kappa shape index (κ2) is 7.73. The summed E-state index contributed by atoms with van der Waals surface area (Å²) in [6, 6.07) is 0.691. The van der Waals surface area contributed by atoms with E-state index in [0.717, 1.165) is 38.6 Å². The first-order valence-electron chi connectivity index (χ1n) is 7.75. The molecule has 0 radical (unpaired) electrons. The van der Waals surface area contributed by atoms with E-state index in [1.165, 1.54) is 4.31 Å². The number of nitrogens with zero attached hydrogens (tertiary/aromatic N) is 2. The molecule has 1 fully saturated rings. The van der Waals surface area contributed by atoms with Crippen LogP contribution < -0.4 is 5.32 Å². The minimum Gasteiger partial charge on any atom is -0.314 e. The van der Waals surface area contributed by atoms with Crippen molar-refractivity contribution in [1.82, 2.24) is 13.9 Å². The summed E-state index contributed by atoms with van der Waals surface area (Å²) in [6.45, 7) is 7.02.